The lowest BCUT2D eigenvalue weighted by molar-refractivity contribution is -0.427. The Morgan fingerprint density at radius 2 is 2.12 bits per heavy atom. The maximum absolute atomic E-state index is 10.7. The van der Waals surface area contributed by atoms with Crippen molar-refractivity contribution in [2.24, 2.45) is 0 Å². The van der Waals surface area contributed by atoms with Crippen molar-refractivity contribution >= 4 is 11.3 Å². The van der Waals surface area contributed by atoms with Crippen LogP contribution in [0.4, 0.5) is 5.69 Å². The number of para-hydroxylation sites is 1. The monoisotopic (exact) mass is 216 g/mol. The molecule has 82 valence electrons. The van der Waals surface area contributed by atoms with Crippen LogP contribution in [0.2, 0.25) is 0 Å². The second-order valence-corrected chi connectivity index (χ2v) is 3.64. The van der Waals surface area contributed by atoms with Gasteiger partial charge in [-0.15, -0.1) is 0 Å². The molecule has 4 nitrogen and oxygen atoms in total. The van der Waals surface area contributed by atoms with Gasteiger partial charge < -0.3 is 5.32 Å². The molecule has 0 saturated carbocycles. The van der Waals surface area contributed by atoms with Crippen molar-refractivity contribution in [1.82, 2.24) is 0 Å². The molecule has 1 N–H and O–H groups in total. The minimum atomic E-state index is -0.346. The zero-order chi connectivity index (χ0) is 11.5. The summed E-state index contributed by atoms with van der Waals surface area (Å²) in [6.45, 7) is 4.44. The van der Waals surface area contributed by atoms with E-state index in [1.807, 2.05) is 24.3 Å². The Balaban J connectivity index is 2.44. The average molecular weight is 216 g/mol. The van der Waals surface area contributed by atoms with Crippen molar-refractivity contribution in [1.29, 1.82) is 0 Å². The maximum Gasteiger partial charge on any atom is 0.248 e. The molecule has 0 fully saturated rings. The van der Waals surface area contributed by atoms with E-state index in [1.54, 1.807) is 6.08 Å². The van der Waals surface area contributed by atoms with Gasteiger partial charge in [-0.05, 0) is 11.6 Å². The summed E-state index contributed by atoms with van der Waals surface area (Å²) in [6.07, 6.45) is 1.96. The third-order valence-electron chi connectivity index (χ3n) is 2.54. The number of fused-ring (bicyclic) bond motifs is 1. The molecule has 0 unspecified atom stereocenters. The van der Waals surface area contributed by atoms with Gasteiger partial charge in [0, 0.05) is 23.9 Å². The molecule has 1 aliphatic heterocycles. The van der Waals surface area contributed by atoms with Gasteiger partial charge in [0.15, 0.2) is 0 Å². The fraction of sp³-hybridized carbons (Fsp3) is 0.167. The molecular weight excluding hydrogens is 204 g/mol. The number of nitro groups is 1. The van der Waals surface area contributed by atoms with Crippen molar-refractivity contribution in [2.75, 3.05) is 11.9 Å². The van der Waals surface area contributed by atoms with E-state index in [-0.39, 0.29) is 10.6 Å². The molecule has 0 saturated heterocycles. The lowest BCUT2D eigenvalue weighted by Crippen LogP contribution is -2.11. The molecule has 16 heavy (non-hydrogen) atoms. The molecule has 1 aliphatic rings. The van der Waals surface area contributed by atoms with Crippen LogP contribution in [0, 0.1) is 10.1 Å². The molecule has 0 aromatic heterocycles. The van der Waals surface area contributed by atoms with Gasteiger partial charge in [-0.25, -0.2) is 0 Å². The van der Waals surface area contributed by atoms with E-state index < -0.39 is 0 Å². The van der Waals surface area contributed by atoms with Crippen LogP contribution in [0.5, 0.6) is 0 Å². The number of allylic oxidation sites excluding steroid dienone is 2. The Labute approximate surface area is 93.4 Å². The van der Waals surface area contributed by atoms with Gasteiger partial charge in [-0.1, -0.05) is 24.8 Å². The van der Waals surface area contributed by atoms with Crippen molar-refractivity contribution in [3.63, 3.8) is 0 Å². The molecule has 0 spiro atoms. The fourth-order valence-corrected chi connectivity index (χ4v) is 1.74. The van der Waals surface area contributed by atoms with Gasteiger partial charge >= 0.3 is 0 Å². The van der Waals surface area contributed by atoms with E-state index in [9.17, 15) is 10.1 Å². The van der Waals surface area contributed by atoms with E-state index in [1.165, 1.54) is 0 Å². The van der Waals surface area contributed by atoms with Crippen LogP contribution >= 0.6 is 0 Å². The standard InChI is InChI=1S/C12H12N2O2/c1-9-8-10(14(15)16)6-7-13-12-5-3-2-4-11(9)12/h2-5,8,13H,1,6-7H2/b10-8+. The Morgan fingerprint density at radius 3 is 2.88 bits per heavy atom. The molecule has 2 rings (SSSR count). The lowest BCUT2D eigenvalue weighted by Gasteiger charge is -2.14. The summed E-state index contributed by atoms with van der Waals surface area (Å²) in [4.78, 5) is 10.4. The van der Waals surface area contributed by atoms with Crippen LogP contribution < -0.4 is 5.32 Å². The van der Waals surface area contributed by atoms with E-state index >= 15 is 0 Å². The highest BCUT2D eigenvalue weighted by Crippen LogP contribution is 2.27. The Bertz CT molecular complexity index is 478. The van der Waals surface area contributed by atoms with Gasteiger partial charge in [-0.3, -0.25) is 10.1 Å². The Morgan fingerprint density at radius 1 is 1.38 bits per heavy atom. The molecule has 1 aromatic carbocycles. The first-order valence-electron chi connectivity index (χ1n) is 5.05. The molecule has 0 atom stereocenters. The topological polar surface area (TPSA) is 55.2 Å². The number of rotatable bonds is 1. The first-order valence-corrected chi connectivity index (χ1v) is 5.05. The van der Waals surface area contributed by atoms with Gasteiger partial charge in [-0.2, -0.15) is 0 Å². The van der Waals surface area contributed by atoms with Crippen molar-refractivity contribution < 1.29 is 4.92 Å². The molecule has 1 aromatic rings. The Hall–Kier alpha value is -2.10. The van der Waals surface area contributed by atoms with Crippen LogP contribution in [-0.2, 0) is 0 Å². The summed E-state index contributed by atoms with van der Waals surface area (Å²) >= 11 is 0. The van der Waals surface area contributed by atoms with E-state index in [0.717, 1.165) is 11.3 Å². The Kier molecular flexibility index (Phi) is 2.72. The lowest BCUT2D eigenvalue weighted by atomic mass is 10.0. The first kappa shape index (κ1) is 10.4. The predicted molar refractivity (Wildman–Crippen MR) is 63.7 cm³/mol. The second kappa shape index (κ2) is 4.18. The fourth-order valence-electron chi connectivity index (χ4n) is 1.74. The SMILES string of the molecule is C=C1/C=C(/[N+](=O)[O-])CCNc2ccccc21. The van der Waals surface area contributed by atoms with Crippen molar-refractivity contribution in [2.45, 2.75) is 6.42 Å². The van der Waals surface area contributed by atoms with Crippen LogP contribution in [-0.4, -0.2) is 11.5 Å². The highest BCUT2D eigenvalue weighted by Gasteiger charge is 2.15. The number of benzene rings is 1. The number of nitrogens with one attached hydrogen (secondary N) is 1. The van der Waals surface area contributed by atoms with Crippen LogP contribution in [0.3, 0.4) is 0 Å². The van der Waals surface area contributed by atoms with E-state index in [2.05, 4.69) is 11.9 Å². The molecular formula is C12H12N2O2. The molecule has 0 bridgehead atoms. The summed E-state index contributed by atoms with van der Waals surface area (Å²) in [5.41, 5.74) is 2.77. The summed E-state index contributed by atoms with van der Waals surface area (Å²) in [5, 5.41) is 13.9. The van der Waals surface area contributed by atoms with Crippen molar-refractivity contribution in [3.05, 3.63) is 58.3 Å². The van der Waals surface area contributed by atoms with Gasteiger partial charge in [0.25, 0.3) is 0 Å². The minimum absolute atomic E-state index is 0.201. The zero-order valence-corrected chi connectivity index (χ0v) is 8.77. The maximum atomic E-state index is 10.7. The summed E-state index contributed by atoms with van der Waals surface area (Å²) in [5.74, 6) is 0. The van der Waals surface area contributed by atoms with E-state index in [4.69, 9.17) is 0 Å². The van der Waals surface area contributed by atoms with Gasteiger partial charge in [0.1, 0.15) is 0 Å². The number of hydrogen-bond acceptors (Lipinski definition) is 3. The van der Waals surface area contributed by atoms with Crippen LogP contribution in [0.15, 0.2) is 42.6 Å². The summed E-state index contributed by atoms with van der Waals surface area (Å²) in [7, 11) is 0. The molecule has 0 aliphatic carbocycles. The highest BCUT2D eigenvalue weighted by atomic mass is 16.6. The third kappa shape index (κ3) is 1.95. The van der Waals surface area contributed by atoms with Gasteiger partial charge in [0.05, 0.1) is 11.3 Å². The largest absolute Gasteiger partial charge is 0.384 e. The highest BCUT2D eigenvalue weighted by molar-refractivity contribution is 5.81. The van der Waals surface area contributed by atoms with E-state index in [0.29, 0.717) is 18.5 Å². The predicted octanol–water partition coefficient (Wildman–Crippen LogP) is 2.68. The normalized spacial score (nSPS) is 18.5. The summed E-state index contributed by atoms with van der Waals surface area (Å²) < 4.78 is 0. The minimum Gasteiger partial charge on any atom is -0.384 e. The number of hydrogen-bond donors (Lipinski definition) is 1. The molecule has 1 heterocycles. The molecule has 0 radical (unpaired) electrons. The number of anilines is 1. The zero-order valence-electron chi connectivity index (χ0n) is 8.77. The van der Waals surface area contributed by atoms with Crippen molar-refractivity contribution in [3.8, 4) is 0 Å². The molecule has 0 amide bonds. The average Bonchev–Trinajstić information content (AvgIpc) is 2.25. The first-order chi connectivity index (χ1) is 7.68. The quantitative estimate of drug-likeness (QED) is 0.580. The number of nitrogens with zero attached hydrogens (tertiary/aromatic N) is 1. The molecule has 4 heteroatoms. The van der Waals surface area contributed by atoms with Gasteiger partial charge in [0.2, 0.25) is 5.70 Å². The second-order valence-electron chi connectivity index (χ2n) is 3.64. The van der Waals surface area contributed by atoms with Crippen LogP contribution in [0.1, 0.15) is 12.0 Å². The third-order valence-corrected chi connectivity index (χ3v) is 2.54. The van der Waals surface area contributed by atoms with Crippen LogP contribution in [0.25, 0.3) is 5.57 Å². The smallest absolute Gasteiger partial charge is 0.248 e. The summed E-state index contributed by atoms with van der Waals surface area (Å²) in [6, 6.07) is 7.68.